The zero-order chi connectivity index (χ0) is 11.9. The molecule has 2 aromatic rings. The maximum Gasteiger partial charge on any atom is 0.144 e. The van der Waals surface area contributed by atoms with Gasteiger partial charge in [0, 0.05) is 17.2 Å². The number of anilines is 2. The fourth-order valence-corrected chi connectivity index (χ4v) is 2.08. The quantitative estimate of drug-likeness (QED) is 0.626. The van der Waals surface area contributed by atoms with Gasteiger partial charge in [0.25, 0.3) is 0 Å². The first-order valence-electron chi connectivity index (χ1n) is 5.34. The summed E-state index contributed by atoms with van der Waals surface area (Å²) in [5, 5.41) is 3.19. The van der Waals surface area contributed by atoms with Crippen LogP contribution >= 0.6 is 11.8 Å². The van der Waals surface area contributed by atoms with Crippen molar-refractivity contribution in [2.75, 3.05) is 23.3 Å². The molecule has 0 saturated carbocycles. The van der Waals surface area contributed by atoms with Crippen LogP contribution in [-0.4, -0.2) is 22.3 Å². The topological polar surface area (TPSA) is 63.8 Å². The molecule has 0 bridgehead atoms. The van der Waals surface area contributed by atoms with Crippen molar-refractivity contribution in [1.29, 1.82) is 0 Å². The Morgan fingerprint density at radius 3 is 2.65 bits per heavy atom. The minimum absolute atomic E-state index is 0.439. The van der Waals surface area contributed by atoms with Crippen LogP contribution in [0.1, 0.15) is 0 Å². The highest BCUT2D eigenvalue weighted by atomic mass is 32.2. The van der Waals surface area contributed by atoms with Crippen molar-refractivity contribution in [3.8, 4) is 0 Å². The van der Waals surface area contributed by atoms with Crippen molar-refractivity contribution in [3.63, 3.8) is 0 Å². The largest absolute Gasteiger partial charge is 0.382 e. The molecule has 1 aromatic carbocycles. The molecule has 0 spiro atoms. The van der Waals surface area contributed by atoms with Crippen molar-refractivity contribution in [2.45, 2.75) is 4.90 Å². The highest BCUT2D eigenvalue weighted by Gasteiger charge is 1.95. The smallest absolute Gasteiger partial charge is 0.144 e. The molecule has 0 unspecified atom stereocenters. The summed E-state index contributed by atoms with van der Waals surface area (Å²) in [7, 11) is 0. The monoisotopic (exact) mass is 246 g/mol. The second-order valence-corrected chi connectivity index (χ2v) is 4.58. The Morgan fingerprint density at radius 1 is 1.12 bits per heavy atom. The van der Waals surface area contributed by atoms with E-state index in [1.165, 1.54) is 4.90 Å². The molecule has 4 nitrogen and oxygen atoms in total. The average molecular weight is 246 g/mol. The van der Waals surface area contributed by atoms with E-state index in [-0.39, 0.29) is 0 Å². The number of nitrogens with two attached hydrogens (primary N) is 1. The number of aromatic nitrogens is 2. The molecule has 0 aliphatic carbocycles. The summed E-state index contributed by atoms with van der Waals surface area (Å²) in [6, 6.07) is 10.3. The normalized spacial score (nSPS) is 10.1. The lowest BCUT2D eigenvalue weighted by Crippen LogP contribution is -2.06. The van der Waals surface area contributed by atoms with Gasteiger partial charge >= 0.3 is 0 Å². The first-order chi connectivity index (χ1) is 8.34. The van der Waals surface area contributed by atoms with Crippen LogP contribution in [0.25, 0.3) is 0 Å². The van der Waals surface area contributed by atoms with Gasteiger partial charge in [0.2, 0.25) is 0 Å². The van der Waals surface area contributed by atoms with Gasteiger partial charge in [-0.05, 0) is 12.1 Å². The summed E-state index contributed by atoms with van der Waals surface area (Å²) in [4.78, 5) is 9.35. The molecule has 1 aromatic heterocycles. The number of nitrogen functional groups attached to an aromatic ring is 1. The molecule has 3 N–H and O–H groups in total. The van der Waals surface area contributed by atoms with Gasteiger partial charge < -0.3 is 11.1 Å². The first kappa shape index (κ1) is 11.7. The minimum Gasteiger partial charge on any atom is -0.382 e. The van der Waals surface area contributed by atoms with E-state index < -0.39 is 0 Å². The Balaban J connectivity index is 1.71. The summed E-state index contributed by atoms with van der Waals surface area (Å²) in [5.41, 5.74) is 5.45. The Hall–Kier alpha value is -1.75. The van der Waals surface area contributed by atoms with Crippen LogP contribution in [0.3, 0.4) is 0 Å². The lowest BCUT2D eigenvalue weighted by Gasteiger charge is -2.04. The summed E-state index contributed by atoms with van der Waals surface area (Å²) < 4.78 is 0. The van der Waals surface area contributed by atoms with Gasteiger partial charge in [-0.3, -0.25) is 0 Å². The SMILES string of the molecule is Nc1cnc(NCCSc2ccccc2)cn1. The predicted molar refractivity (Wildman–Crippen MR) is 72.1 cm³/mol. The van der Waals surface area contributed by atoms with Gasteiger partial charge in [0.1, 0.15) is 11.6 Å². The zero-order valence-electron chi connectivity index (χ0n) is 9.34. The molecule has 1 heterocycles. The molecule has 0 saturated heterocycles. The van der Waals surface area contributed by atoms with Gasteiger partial charge in [0.15, 0.2) is 0 Å². The average Bonchev–Trinajstić information content (AvgIpc) is 2.38. The van der Waals surface area contributed by atoms with Crippen molar-refractivity contribution in [2.24, 2.45) is 0 Å². The highest BCUT2D eigenvalue weighted by molar-refractivity contribution is 7.99. The van der Waals surface area contributed by atoms with E-state index >= 15 is 0 Å². The van der Waals surface area contributed by atoms with Crippen LogP contribution in [0.15, 0.2) is 47.6 Å². The van der Waals surface area contributed by atoms with E-state index in [2.05, 4.69) is 27.4 Å². The van der Waals surface area contributed by atoms with Crippen molar-refractivity contribution in [3.05, 3.63) is 42.7 Å². The highest BCUT2D eigenvalue weighted by Crippen LogP contribution is 2.16. The second kappa shape index (κ2) is 6.10. The van der Waals surface area contributed by atoms with Crippen molar-refractivity contribution < 1.29 is 0 Å². The van der Waals surface area contributed by atoms with E-state index in [9.17, 15) is 0 Å². The van der Waals surface area contributed by atoms with Crippen molar-refractivity contribution in [1.82, 2.24) is 9.97 Å². The van der Waals surface area contributed by atoms with Gasteiger partial charge in [-0.1, -0.05) is 18.2 Å². The summed E-state index contributed by atoms with van der Waals surface area (Å²) in [5.74, 6) is 2.18. The van der Waals surface area contributed by atoms with Crippen LogP contribution in [0.2, 0.25) is 0 Å². The first-order valence-corrected chi connectivity index (χ1v) is 6.32. The van der Waals surface area contributed by atoms with Gasteiger partial charge in [-0.2, -0.15) is 0 Å². The summed E-state index contributed by atoms with van der Waals surface area (Å²) in [6.07, 6.45) is 3.19. The fraction of sp³-hybridized carbons (Fsp3) is 0.167. The Labute approximate surface area is 105 Å². The van der Waals surface area contributed by atoms with E-state index in [0.717, 1.165) is 18.1 Å². The van der Waals surface area contributed by atoms with Crippen LogP contribution in [0, 0.1) is 0 Å². The number of rotatable bonds is 5. The fourth-order valence-electron chi connectivity index (χ4n) is 1.29. The number of nitrogens with zero attached hydrogens (tertiary/aromatic N) is 2. The molecule has 0 radical (unpaired) electrons. The maximum absolute atomic E-state index is 5.45. The Bertz CT molecular complexity index is 444. The van der Waals surface area contributed by atoms with Crippen LogP contribution in [0.5, 0.6) is 0 Å². The lowest BCUT2D eigenvalue weighted by atomic mass is 10.4. The van der Waals surface area contributed by atoms with Gasteiger partial charge in [0.05, 0.1) is 12.4 Å². The molecule has 0 atom stereocenters. The van der Waals surface area contributed by atoms with Crippen LogP contribution in [-0.2, 0) is 0 Å². The molecule has 2 rings (SSSR count). The number of benzene rings is 1. The van der Waals surface area contributed by atoms with Crippen LogP contribution in [0.4, 0.5) is 11.6 Å². The number of thioether (sulfide) groups is 1. The third-order valence-electron chi connectivity index (χ3n) is 2.09. The Kier molecular flexibility index (Phi) is 4.21. The minimum atomic E-state index is 0.439. The summed E-state index contributed by atoms with van der Waals surface area (Å²) in [6.45, 7) is 0.845. The van der Waals surface area contributed by atoms with E-state index in [0.29, 0.717) is 5.82 Å². The molecular weight excluding hydrogens is 232 g/mol. The Morgan fingerprint density at radius 2 is 1.94 bits per heavy atom. The predicted octanol–water partition coefficient (Wildman–Crippen LogP) is 2.26. The molecule has 0 aliphatic rings. The van der Waals surface area contributed by atoms with E-state index in [1.807, 2.05) is 30.0 Å². The van der Waals surface area contributed by atoms with Crippen molar-refractivity contribution >= 4 is 23.4 Å². The van der Waals surface area contributed by atoms with Gasteiger partial charge in [-0.15, -0.1) is 11.8 Å². The number of nitrogens with one attached hydrogen (secondary N) is 1. The van der Waals surface area contributed by atoms with Crippen LogP contribution < -0.4 is 11.1 Å². The van der Waals surface area contributed by atoms with E-state index in [4.69, 9.17) is 5.73 Å². The zero-order valence-corrected chi connectivity index (χ0v) is 10.2. The number of hydrogen-bond donors (Lipinski definition) is 2. The molecule has 0 amide bonds. The molecule has 0 fully saturated rings. The molecular formula is C12H14N4S. The maximum atomic E-state index is 5.45. The van der Waals surface area contributed by atoms with E-state index in [1.54, 1.807) is 12.4 Å². The molecule has 17 heavy (non-hydrogen) atoms. The molecule has 88 valence electrons. The lowest BCUT2D eigenvalue weighted by molar-refractivity contribution is 1.13. The molecule has 0 aliphatic heterocycles. The molecule has 5 heteroatoms. The number of hydrogen-bond acceptors (Lipinski definition) is 5. The second-order valence-electron chi connectivity index (χ2n) is 3.41. The third-order valence-corrected chi connectivity index (χ3v) is 3.11. The standard InChI is InChI=1S/C12H14N4S/c13-11-8-16-12(9-15-11)14-6-7-17-10-4-2-1-3-5-10/h1-5,8-9H,6-7H2,(H2,13,15)(H,14,16). The van der Waals surface area contributed by atoms with Gasteiger partial charge in [-0.25, -0.2) is 9.97 Å². The summed E-state index contributed by atoms with van der Waals surface area (Å²) >= 11 is 1.81. The third kappa shape index (κ3) is 3.96.